The molecule has 0 saturated heterocycles. The first-order chi connectivity index (χ1) is 13.0. The summed E-state index contributed by atoms with van der Waals surface area (Å²) in [6, 6.07) is 11.6. The standard InChI is InChI=1S/C20H14F6N2/c21-19(22,23)17-10-16(12-4-2-6-14(28)8-12)18(20(24,25)26)9-15(17)11-3-1-5-13(27)7-11/h1-10H,27-28H2. The largest absolute Gasteiger partial charge is 0.417 e. The molecule has 0 atom stereocenters. The molecule has 3 aromatic carbocycles. The Kier molecular flexibility index (Phi) is 4.74. The lowest BCUT2D eigenvalue weighted by Crippen LogP contribution is -2.13. The highest BCUT2D eigenvalue weighted by atomic mass is 19.4. The number of rotatable bonds is 2. The molecule has 0 fully saturated rings. The third-order valence-electron chi connectivity index (χ3n) is 4.16. The molecule has 146 valence electrons. The molecule has 0 bridgehead atoms. The third kappa shape index (κ3) is 3.90. The maximum Gasteiger partial charge on any atom is 0.417 e. The fraction of sp³-hybridized carbons (Fsp3) is 0.100. The second-order valence-corrected chi connectivity index (χ2v) is 6.19. The van der Waals surface area contributed by atoms with Crippen LogP contribution in [0.1, 0.15) is 11.1 Å². The number of hydrogen-bond donors (Lipinski definition) is 2. The third-order valence-corrected chi connectivity index (χ3v) is 4.16. The van der Waals surface area contributed by atoms with Gasteiger partial charge in [0.15, 0.2) is 0 Å². The molecule has 0 aliphatic heterocycles. The van der Waals surface area contributed by atoms with Crippen LogP contribution in [0, 0.1) is 0 Å². The van der Waals surface area contributed by atoms with Crippen molar-refractivity contribution in [1.29, 1.82) is 0 Å². The quantitative estimate of drug-likeness (QED) is 0.399. The molecule has 0 aliphatic carbocycles. The number of nitrogen functional groups attached to an aromatic ring is 2. The topological polar surface area (TPSA) is 52.0 Å². The van der Waals surface area contributed by atoms with Crippen LogP contribution in [0.15, 0.2) is 60.7 Å². The molecule has 8 heteroatoms. The van der Waals surface area contributed by atoms with Gasteiger partial charge in [-0.25, -0.2) is 0 Å². The summed E-state index contributed by atoms with van der Waals surface area (Å²) in [5.74, 6) is 0. The highest BCUT2D eigenvalue weighted by Crippen LogP contribution is 2.45. The van der Waals surface area contributed by atoms with Crippen LogP contribution in [0.3, 0.4) is 0 Å². The Morgan fingerprint density at radius 1 is 0.536 bits per heavy atom. The molecule has 4 N–H and O–H groups in total. The van der Waals surface area contributed by atoms with Gasteiger partial charge in [0.05, 0.1) is 11.1 Å². The lowest BCUT2D eigenvalue weighted by atomic mass is 9.90. The maximum atomic E-state index is 13.7. The smallest absolute Gasteiger partial charge is 0.399 e. The van der Waals surface area contributed by atoms with E-state index in [2.05, 4.69) is 0 Å². The van der Waals surface area contributed by atoms with E-state index in [0.717, 1.165) is 0 Å². The number of benzene rings is 3. The van der Waals surface area contributed by atoms with E-state index in [-0.39, 0.29) is 22.5 Å². The van der Waals surface area contributed by atoms with Gasteiger partial charge < -0.3 is 11.5 Å². The zero-order chi connectivity index (χ0) is 20.7. The predicted octanol–water partition coefficient (Wildman–Crippen LogP) is 6.22. The highest BCUT2D eigenvalue weighted by molar-refractivity contribution is 5.79. The fourth-order valence-electron chi connectivity index (χ4n) is 2.96. The Labute approximate surface area is 156 Å². The minimum Gasteiger partial charge on any atom is -0.399 e. The second kappa shape index (κ2) is 6.78. The van der Waals surface area contributed by atoms with E-state index in [1.54, 1.807) is 0 Å². The number of nitrogens with two attached hydrogens (primary N) is 2. The monoisotopic (exact) mass is 396 g/mol. The zero-order valence-electron chi connectivity index (χ0n) is 14.2. The average Bonchev–Trinajstić information content (AvgIpc) is 2.59. The van der Waals surface area contributed by atoms with Crippen LogP contribution < -0.4 is 11.5 Å². The van der Waals surface area contributed by atoms with Gasteiger partial charge in [0.2, 0.25) is 0 Å². The predicted molar refractivity (Wildman–Crippen MR) is 96.1 cm³/mol. The number of halogens is 6. The summed E-state index contributed by atoms with van der Waals surface area (Å²) in [5, 5.41) is 0. The van der Waals surface area contributed by atoms with Crippen LogP contribution in [0.25, 0.3) is 22.3 Å². The molecule has 0 aromatic heterocycles. The second-order valence-electron chi connectivity index (χ2n) is 6.19. The van der Waals surface area contributed by atoms with Crippen molar-refractivity contribution in [2.45, 2.75) is 12.4 Å². The summed E-state index contributed by atoms with van der Waals surface area (Å²) < 4.78 is 82.2. The van der Waals surface area contributed by atoms with E-state index in [4.69, 9.17) is 11.5 Å². The van der Waals surface area contributed by atoms with E-state index >= 15 is 0 Å². The highest BCUT2D eigenvalue weighted by Gasteiger charge is 2.40. The van der Waals surface area contributed by atoms with Crippen LogP contribution >= 0.6 is 0 Å². The molecule has 0 heterocycles. The van der Waals surface area contributed by atoms with Crippen molar-refractivity contribution < 1.29 is 26.3 Å². The molecule has 28 heavy (non-hydrogen) atoms. The normalized spacial score (nSPS) is 12.2. The fourth-order valence-corrected chi connectivity index (χ4v) is 2.96. The summed E-state index contributed by atoms with van der Waals surface area (Å²) in [7, 11) is 0. The van der Waals surface area contributed by atoms with Crippen molar-refractivity contribution in [2.24, 2.45) is 0 Å². The van der Waals surface area contributed by atoms with Crippen molar-refractivity contribution in [3.8, 4) is 22.3 Å². The van der Waals surface area contributed by atoms with Crippen molar-refractivity contribution >= 4 is 11.4 Å². The lowest BCUT2D eigenvalue weighted by molar-refractivity contribution is -0.140. The molecular formula is C20H14F6N2. The van der Waals surface area contributed by atoms with Crippen LogP contribution in [-0.2, 0) is 12.4 Å². The number of hydrogen-bond acceptors (Lipinski definition) is 2. The SMILES string of the molecule is Nc1cccc(-c2cc(C(F)(F)F)c(-c3cccc(N)c3)cc2C(F)(F)F)c1. The van der Waals surface area contributed by atoms with Gasteiger partial charge in [0, 0.05) is 11.4 Å². The molecule has 0 radical (unpaired) electrons. The van der Waals surface area contributed by atoms with E-state index in [9.17, 15) is 26.3 Å². The molecule has 2 nitrogen and oxygen atoms in total. The minimum atomic E-state index is -4.88. The van der Waals surface area contributed by atoms with Gasteiger partial charge in [0.25, 0.3) is 0 Å². The van der Waals surface area contributed by atoms with Gasteiger partial charge >= 0.3 is 12.4 Å². The Morgan fingerprint density at radius 2 is 0.893 bits per heavy atom. The Balaban J connectivity index is 2.39. The van der Waals surface area contributed by atoms with E-state index in [1.807, 2.05) is 0 Å². The minimum absolute atomic E-state index is 0.0584. The maximum absolute atomic E-state index is 13.7. The van der Waals surface area contributed by atoms with Crippen LogP contribution in [0.2, 0.25) is 0 Å². The molecular weight excluding hydrogens is 382 g/mol. The van der Waals surface area contributed by atoms with Crippen molar-refractivity contribution in [2.75, 3.05) is 11.5 Å². The number of anilines is 2. The van der Waals surface area contributed by atoms with Gasteiger partial charge in [-0.15, -0.1) is 0 Å². The molecule has 0 unspecified atom stereocenters. The summed E-state index contributed by atoms with van der Waals surface area (Å²) in [6.07, 6.45) is -9.75. The van der Waals surface area contributed by atoms with Crippen LogP contribution in [-0.4, -0.2) is 0 Å². The molecule has 3 aromatic rings. The van der Waals surface area contributed by atoms with E-state index in [0.29, 0.717) is 12.1 Å². The number of alkyl halides is 6. The Bertz CT molecular complexity index is 939. The van der Waals surface area contributed by atoms with Crippen molar-refractivity contribution in [3.63, 3.8) is 0 Å². The first-order valence-corrected chi connectivity index (χ1v) is 8.01. The van der Waals surface area contributed by atoms with E-state index < -0.39 is 34.6 Å². The zero-order valence-corrected chi connectivity index (χ0v) is 14.2. The first kappa shape index (κ1) is 19.6. The Morgan fingerprint density at radius 3 is 1.18 bits per heavy atom. The van der Waals surface area contributed by atoms with E-state index in [1.165, 1.54) is 48.5 Å². The van der Waals surface area contributed by atoms with Crippen LogP contribution in [0.5, 0.6) is 0 Å². The summed E-state index contributed by atoms with van der Waals surface area (Å²) in [4.78, 5) is 0. The van der Waals surface area contributed by atoms with Gasteiger partial charge in [-0.05, 0) is 58.7 Å². The van der Waals surface area contributed by atoms with Gasteiger partial charge in [0.1, 0.15) is 0 Å². The molecule has 3 rings (SSSR count). The Hall–Kier alpha value is -3.16. The lowest BCUT2D eigenvalue weighted by Gasteiger charge is -2.20. The molecule has 0 amide bonds. The van der Waals surface area contributed by atoms with Gasteiger partial charge in [-0.1, -0.05) is 24.3 Å². The van der Waals surface area contributed by atoms with Gasteiger partial charge in [-0.3, -0.25) is 0 Å². The summed E-state index contributed by atoms with van der Waals surface area (Å²) in [6.45, 7) is 0. The summed E-state index contributed by atoms with van der Waals surface area (Å²) in [5.41, 5.74) is 7.78. The van der Waals surface area contributed by atoms with Crippen molar-refractivity contribution in [1.82, 2.24) is 0 Å². The average molecular weight is 396 g/mol. The molecule has 0 spiro atoms. The van der Waals surface area contributed by atoms with Crippen molar-refractivity contribution in [3.05, 3.63) is 71.8 Å². The van der Waals surface area contributed by atoms with Gasteiger partial charge in [-0.2, -0.15) is 26.3 Å². The first-order valence-electron chi connectivity index (χ1n) is 8.01. The van der Waals surface area contributed by atoms with Crippen LogP contribution in [0.4, 0.5) is 37.7 Å². The molecule has 0 aliphatic rings. The summed E-state index contributed by atoms with van der Waals surface area (Å²) >= 11 is 0. The molecule has 0 saturated carbocycles.